The number of hydrogen-bond donors (Lipinski definition) is 1. The van der Waals surface area contributed by atoms with E-state index in [2.05, 4.69) is 0 Å². The highest BCUT2D eigenvalue weighted by atomic mass is 16.6. The van der Waals surface area contributed by atoms with Crippen LogP contribution in [0.4, 0.5) is 0 Å². The van der Waals surface area contributed by atoms with Gasteiger partial charge in [-0.05, 0) is 25.5 Å². The van der Waals surface area contributed by atoms with Gasteiger partial charge in [-0.2, -0.15) is 0 Å². The van der Waals surface area contributed by atoms with Crippen LogP contribution in [0.5, 0.6) is 0 Å². The third kappa shape index (κ3) is 2.22. The van der Waals surface area contributed by atoms with Crippen molar-refractivity contribution in [3.63, 3.8) is 0 Å². The van der Waals surface area contributed by atoms with Gasteiger partial charge in [0.1, 0.15) is 0 Å². The van der Waals surface area contributed by atoms with Gasteiger partial charge >= 0.3 is 0 Å². The number of fused-ring (bicyclic) bond motifs is 3. The SMILES string of the molecule is Cc1ccc2c(c1)c(C(N)=O)c1n2CC(c2ccccc2)([N+](=O)[O-])CC1. The van der Waals surface area contributed by atoms with E-state index in [9.17, 15) is 14.9 Å². The number of primary amides is 1. The molecule has 3 aromatic rings. The quantitative estimate of drug-likeness (QED) is 0.581. The summed E-state index contributed by atoms with van der Waals surface area (Å²) in [6, 6.07) is 14.9. The first-order valence-electron chi connectivity index (χ1n) is 8.55. The molecule has 1 aliphatic heterocycles. The number of nitrogens with zero attached hydrogens (tertiary/aromatic N) is 2. The third-order valence-electron chi connectivity index (χ3n) is 5.43. The van der Waals surface area contributed by atoms with Gasteiger partial charge in [0.05, 0.1) is 12.1 Å². The van der Waals surface area contributed by atoms with Crippen molar-refractivity contribution < 1.29 is 9.72 Å². The summed E-state index contributed by atoms with van der Waals surface area (Å²) >= 11 is 0. The maximum absolute atomic E-state index is 12.1. The maximum Gasteiger partial charge on any atom is 0.265 e. The zero-order valence-electron chi connectivity index (χ0n) is 14.4. The Kier molecular flexibility index (Phi) is 3.57. The molecule has 2 heterocycles. The van der Waals surface area contributed by atoms with Crippen LogP contribution < -0.4 is 5.73 Å². The number of rotatable bonds is 3. The molecule has 2 N–H and O–H groups in total. The number of benzene rings is 2. The van der Waals surface area contributed by atoms with Crippen LogP contribution in [0.15, 0.2) is 48.5 Å². The number of carbonyl (C=O) groups is 1. The van der Waals surface area contributed by atoms with Gasteiger partial charge in [0.15, 0.2) is 0 Å². The van der Waals surface area contributed by atoms with Crippen LogP contribution in [-0.4, -0.2) is 15.4 Å². The van der Waals surface area contributed by atoms with Gasteiger partial charge < -0.3 is 10.3 Å². The van der Waals surface area contributed by atoms with Crippen molar-refractivity contribution in [2.75, 3.05) is 0 Å². The second-order valence-electron chi connectivity index (χ2n) is 6.95. The molecule has 6 nitrogen and oxygen atoms in total. The second kappa shape index (κ2) is 5.69. The molecule has 0 saturated carbocycles. The van der Waals surface area contributed by atoms with E-state index in [0.717, 1.165) is 22.2 Å². The van der Waals surface area contributed by atoms with E-state index in [0.29, 0.717) is 24.0 Å². The fraction of sp³-hybridized carbons (Fsp3) is 0.250. The number of amides is 1. The minimum absolute atomic E-state index is 0.185. The Morgan fingerprint density at radius 2 is 1.96 bits per heavy atom. The van der Waals surface area contributed by atoms with E-state index in [-0.39, 0.29) is 11.5 Å². The molecule has 1 aromatic heterocycles. The average Bonchev–Trinajstić information content (AvgIpc) is 2.94. The summed E-state index contributed by atoms with van der Waals surface area (Å²) < 4.78 is 1.91. The molecule has 0 spiro atoms. The van der Waals surface area contributed by atoms with Gasteiger partial charge in [-0.15, -0.1) is 0 Å². The van der Waals surface area contributed by atoms with Crippen LogP contribution in [0.2, 0.25) is 0 Å². The summed E-state index contributed by atoms with van der Waals surface area (Å²) in [5, 5.41) is 12.9. The van der Waals surface area contributed by atoms with Crippen molar-refractivity contribution in [3.8, 4) is 0 Å². The van der Waals surface area contributed by atoms with E-state index in [4.69, 9.17) is 5.73 Å². The fourth-order valence-electron chi connectivity index (χ4n) is 4.14. The van der Waals surface area contributed by atoms with Crippen LogP contribution in [0.3, 0.4) is 0 Å². The number of carbonyl (C=O) groups excluding carboxylic acids is 1. The normalized spacial score (nSPS) is 19.3. The van der Waals surface area contributed by atoms with Gasteiger partial charge in [0, 0.05) is 33.5 Å². The highest BCUT2D eigenvalue weighted by molar-refractivity contribution is 6.08. The second-order valence-corrected chi connectivity index (χ2v) is 6.95. The Bertz CT molecular complexity index is 1040. The first-order chi connectivity index (χ1) is 12.4. The first-order valence-corrected chi connectivity index (χ1v) is 8.55. The van der Waals surface area contributed by atoms with Crippen LogP contribution in [0.25, 0.3) is 10.9 Å². The molecule has 0 radical (unpaired) electrons. The number of aryl methyl sites for hydroxylation is 1. The summed E-state index contributed by atoms with van der Waals surface area (Å²) in [6.07, 6.45) is 0.765. The standard InChI is InChI=1S/C20H19N3O3/c1-13-7-8-16-15(11-13)18(19(21)24)17-9-10-20(23(25)26,12-22(16)17)14-5-3-2-4-6-14/h2-8,11H,9-10,12H2,1H3,(H2,21,24). The molecule has 2 aromatic carbocycles. The summed E-state index contributed by atoms with van der Waals surface area (Å²) in [5.74, 6) is -0.484. The molecule has 6 heteroatoms. The van der Waals surface area contributed by atoms with Gasteiger partial charge in [0.2, 0.25) is 0 Å². The lowest BCUT2D eigenvalue weighted by atomic mass is 9.82. The topological polar surface area (TPSA) is 91.2 Å². The number of hydrogen-bond acceptors (Lipinski definition) is 3. The summed E-state index contributed by atoms with van der Waals surface area (Å²) in [5.41, 5.74) is 8.26. The molecule has 1 amide bonds. The van der Waals surface area contributed by atoms with Crippen molar-refractivity contribution >= 4 is 16.8 Å². The van der Waals surface area contributed by atoms with E-state index in [1.165, 1.54) is 0 Å². The molecule has 1 unspecified atom stereocenters. The third-order valence-corrected chi connectivity index (χ3v) is 5.43. The molecular formula is C20H19N3O3. The van der Waals surface area contributed by atoms with Crippen LogP contribution in [0.1, 0.15) is 33.6 Å². The fourth-order valence-corrected chi connectivity index (χ4v) is 4.14. The Labute approximate surface area is 150 Å². The lowest BCUT2D eigenvalue weighted by Gasteiger charge is -2.31. The monoisotopic (exact) mass is 349 g/mol. The minimum Gasteiger partial charge on any atom is -0.366 e. The van der Waals surface area contributed by atoms with E-state index in [1.807, 2.05) is 47.9 Å². The molecule has 0 fully saturated rings. The van der Waals surface area contributed by atoms with Gasteiger partial charge in [-0.25, -0.2) is 0 Å². The molecule has 0 aliphatic carbocycles. The molecule has 4 rings (SSSR count). The van der Waals surface area contributed by atoms with E-state index < -0.39 is 11.4 Å². The zero-order chi connectivity index (χ0) is 18.5. The molecule has 26 heavy (non-hydrogen) atoms. The van der Waals surface area contributed by atoms with Crippen molar-refractivity contribution in [3.05, 3.63) is 81.0 Å². The Balaban J connectivity index is 1.97. The Morgan fingerprint density at radius 3 is 2.62 bits per heavy atom. The summed E-state index contributed by atoms with van der Waals surface area (Å²) in [4.78, 5) is 24.0. The molecule has 0 bridgehead atoms. The van der Waals surface area contributed by atoms with E-state index >= 15 is 0 Å². The number of nitrogens with two attached hydrogens (primary N) is 1. The van der Waals surface area contributed by atoms with Gasteiger partial charge in [-0.1, -0.05) is 42.0 Å². The highest BCUT2D eigenvalue weighted by Crippen LogP contribution is 2.40. The molecular weight excluding hydrogens is 330 g/mol. The number of aromatic nitrogens is 1. The number of nitro groups is 1. The first kappa shape index (κ1) is 16.3. The van der Waals surface area contributed by atoms with Crippen LogP contribution in [-0.2, 0) is 18.5 Å². The smallest absolute Gasteiger partial charge is 0.265 e. The van der Waals surface area contributed by atoms with Crippen molar-refractivity contribution in [2.24, 2.45) is 5.73 Å². The maximum atomic E-state index is 12.1. The predicted molar refractivity (Wildman–Crippen MR) is 98.6 cm³/mol. The van der Waals surface area contributed by atoms with E-state index in [1.54, 1.807) is 12.1 Å². The van der Waals surface area contributed by atoms with Gasteiger partial charge in [0.25, 0.3) is 11.4 Å². The summed E-state index contributed by atoms with van der Waals surface area (Å²) in [7, 11) is 0. The average molecular weight is 349 g/mol. The largest absolute Gasteiger partial charge is 0.366 e. The molecule has 1 atom stereocenters. The molecule has 0 saturated heterocycles. The molecule has 132 valence electrons. The van der Waals surface area contributed by atoms with Crippen molar-refractivity contribution in [2.45, 2.75) is 31.8 Å². The summed E-state index contributed by atoms with van der Waals surface area (Å²) in [6.45, 7) is 2.14. The van der Waals surface area contributed by atoms with Crippen LogP contribution in [0, 0.1) is 17.0 Å². The van der Waals surface area contributed by atoms with Crippen LogP contribution >= 0.6 is 0 Å². The van der Waals surface area contributed by atoms with Crippen molar-refractivity contribution in [1.29, 1.82) is 0 Å². The molecule has 1 aliphatic rings. The highest BCUT2D eigenvalue weighted by Gasteiger charge is 2.48. The minimum atomic E-state index is -1.21. The van der Waals surface area contributed by atoms with Gasteiger partial charge in [-0.3, -0.25) is 14.9 Å². The van der Waals surface area contributed by atoms with Crippen molar-refractivity contribution in [1.82, 2.24) is 4.57 Å². The predicted octanol–water partition coefficient (Wildman–Crippen LogP) is 3.17. The Hall–Kier alpha value is -3.15. The lowest BCUT2D eigenvalue weighted by molar-refractivity contribution is -0.585. The Morgan fingerprint density at radius 1 is 1.23 bits per heavy atom. The lowest BCUT2D eigenvalue weighted by Crippen LogP contribution is -2.43. The zero-order valence-corrected chi connectivity index (χ0v) is 14.4.